The summed E-state index contributed by atoms with van der Waals surface area (Å²) in [5.74, 6) is -0.823. The number of para-hydroxylation sites is 2. The van der Waals surface area contributed by atoms with Gasteiger partial charge in [0.2, 0.25) is 7.59 Å². The van der Waals surface area contributed by atoms with Crippen LogP contribution in [0, 0.1) is 0 Å². The number of Topliss-reactive ketones (excluding diaryl/α,β-unsaturated/α-hetero) is 1. The van der Waals surface area contributed by atoms with Crippen LogP contribution in [0.5, 0.6) is 0 Å². The number of alkyl halides is 6. The van der Waals surface area contributed by atoms with Crippen molar-refractivity contribution in [3.63, 3.8) is 0 Å². The number of allylic oxidation sites excluding steroid dienone is 6. The first-order valence-electron chi connectivity index (χ1n) is 20.9. The summed E-state index contributed by atoms with van der Waals surface area (Å²) in [4.78, 5) is 39.0. The molecule has 8 aromatic rings. The Morgan fingerprint density at radius 3 is 1.61 bits per heavy atom. The van der Waals surface area contributed by atoms with E-state index in [0.29, 0.717) is 37.1 Å². The van der Waals surface area contributed by atoms with Gasteiger partial charge in [0.1, 0.15) is 6.61 Å². The molecular weight excluding hydrogens is 959 g/mol. The van der Waals surface area contributed by atoms with Gasteiger partial charge in [0.15, 0.2) is 23.3 Å². The maximum Gasteiger partial charge on any atom is 0.338 e. The van der Waals surface area contributed by atoms with E-state index in [9.17, 15) is 14.7 Å². The van der Waals surface area contributed by atoms with Crippen molar-refractivity contribution in [1.29, 1.82) is 0 Å². The molecule has 1 aliphatic rings. The van der Waals surface area contributed by atoms with E-state index in [0.717, 1.165) is 65.9 Å². The normalized spacial score (nSPS) is 15.0. The van der Waals surface area contributed by atoms with Crippen molar-refractivity contribution < 1.29 is 19.4 Å². The maximum absolute atomic E-state index is 13.4. The van der Waals surface area contributed by atoms with Gasteiger partial charge in [-0.1, -0.05) is 167 Å². The average Bonchev–Trinajstić information content (AvgIpc) is 3.93. The number of hydrogen-bond donors (Lipinski definition) is 1. The number of ketones is 1. The van der Waals surface area contributed by atoms with E-state index < -0.39 is 13.6 Å². The highest BCUT2D eigenvalue weighted by Gasteiger charge is 2.34. The van der Waals surface area contributed by atoms with E-state index in [1.165, 1.54) is 0 Å². The molecule has 66 heavy (non-hydrogen) atoms. The summed E-state index contributed by atoms with van der Waals surface area (Å²) in [6.45, 7) is 1.13. The largest absolute Gasteiger partial charge is 0.460 e. The molecule has 1 fully saturated rings. The van der Waals surface area contributed by atoms with Crippen LogP contribution in [-0.4, -0.2) is 54.2 Å². The molecule has 0 bridgehead atoms. The van der Waals surface area contributed by atoms with Gasteiger partial charge >= 0.3 is 5.97 Å². The van der Waals surface area contributed by atoms with Gasteiger partial charge in [-0.05, 0) is 72.5 Å². The van der Waals surface area contributed by atoms with Gasteiger partial charge in [-0.2, -0.15) is 0 Å². The van der Waals surface area contributed by atoms with Crippen LogP contribution in [0.1, 0.15) is 46.0 Å². The fraction of sp³-hybridized carbons (Fsp3) is 0.157. The molecule has 1 aliphatic carbocycles. The summed E-state index contributed by atoms with van der Waals surface area (Å²) in [5, 5.41) is 14.1. The third-order valence-electron chi connectivity index (χ3n) is 11.4. The molecule has 3 heterocycles. The van der Waals surface area contributed by atoms with Crippen molar-refractivity contribution in [3.05, 3.63) is 173 Å². The number of fused-ring (bicyclic) bond motifs is 6. The van der Waals surface area contributed by atoms with Crippen LogP contribution in [0.25, 0.3) is 67.2 Å². The molecule has 0 amide bonds. The fourth-order valence-corrected chi connectivity index (χ4v) is 8.84. The highest BCUT2D eigenvalue weighted by atomic mass is 35.6. The number of aliphatic hydroxyl groups excluding tert-OH is 1. The molecule has 9 nitrogen and oxygen atoms in total. The molecule has 9 rings (SSSR count). The number of rotatable bonds is 11. The van der Waals surface area contributed by atoms with E-state index in [-0.39, 0.29) is 36.5 Å². The van der Waals surface area contributed by atoms with Gasteiger partial charge in [0.05, 0.1) is 18.7 Å². The number of nitrogens with zero attached hydrogens (tertiary/aromatic N) is 5. The molecule has 0 atom stereocenters. The number of aliphatic hydroxyl groups is 1. The summed E-state index contributed by atoms with van der Waals surface area (Å²) in [6, 6.07) is 35.2. The Hall–Kier alpha value is -5.49. The van der Waals surface area contributed by atoms with Gasteiger partial charge in [0.25, 0.3) is 0 Å². The van der Waals surface area contributed by atoms with Crippen LogP contribution < -0.4 is 0 Å². The van der Waals surface area contributed by atoms with Gasteiger partial charge in [-0.25, -0.2) is 19.7 Å². The number of benzene rings is 5. The number of carbonyl (C=O) groups is 2. The molecule has 332 valence electrons. The molecule has 0 saturated heterocycles. The van der Waals surface area contributed by atoms with Crippen LogP contribution in [-0.2, 0) is 30.2 Å². The van der Waals surface area contributed by atoms with Crippen LogP contribution in [0.15, 0.2) is 145 Å². The van der Waals surface area contributed by atoms with E-state index in [2.05, 4.69) is 72.6 Å². The summed E-state index contributed by atoms with van der Waals surface area (Å²) < 4.78 is 6.00. The van der Waals surface area contributed by atoms with Gasteiger partial charge in [-0.3, -0.25) is 4.79 Å². The third-order valence-corrected chi connectivity index (χ3v) is 12.4. The molecule has 0 unspecified atom stereocenters. The minimum absolute atomic E-state index is 0.0659. The summed E-state index contributed by atoms with van der Waals surface area (Å²) >= 11 is 36.1. The molecule has 3 aromatic heterocycles. The van der Waals surface area contributed by atoms with Crippen molar-refractivity contribution in [2.75, 3.05) is 13.2 Å². The Labute approximate surface area is 409 Å². The van der Waals surface area contributed by atoms with Gasteiger partial charge < -0.3 is 19.0 Å². The zero-order chi connectivity index (χ0) is 46.2. The minimum atomic E-state index is -2.01. The first-order chi connectivity index (χ1) is 31.8. The third kappa shape index (κ3) is 9.53. The van der Waals surface area contributed by atoms with Gasteiger partial charge in [-0.15, -0.1) is 0 Å². The van der Waals surface area contributed by atoms with Crippen molar-refractivity contribution >= 4 is 137 Å². The van der Waals surface area contributed by atoms with Crippen LogP contribution in [0.3, 0.4) is 0 Å². The van der Waals surface area contributed by atoms with Crippen molar-refractivity contribution in [2.45, 2.75) is 33.5 Å². The van der Waals surface area contributed by atoms with Crippen molar-refractivity contribution in [3.8, 4) is 11.4 Å². The molecule has 5 aromatic carbocycles. The number of ether oxygens (including phenoxy) is 1. The molecular formula is C51H37Cl6N5O4. The monoisotopic (exact) mass is 993 g/mol. The first kappa shape index (κ1) is 45.7. The molecule has 1 N–H and O–H groups in total. The lowest BCUT2D eigenvalue weighted by molar-refractivity contribution is -0.111. The van der Waals surface area contributed by atoms with E-state index >= 15 is 0 Å². The lowest BCUT2D eigenvalue weighted by Crippen LogP contribution is -2.16. The first-order valence-corrected chi connectivity index (χ1v) is 23.1. The fourth-order valence-electron chi connectivity index (χ4n) is 8.33. The Morgan fingerprint density at radius 1 is 0.621 bits per heavy atom. The Kier molecular flexibility index (Phi) is 13.2. The summed E-state index contributed by atoms with van der Waals surface area (Å²) in [6.07, 6.45) is 13.1. The average molecular weight is 997 g/mol. The van der Waals surface area contributed by atoms with Crippen LogP contribution in [0.2, 0.25) is 0 Å². The predicted octanol–water partition coefficient (Wildman–Crippen LogP) is 13.2. The summed E-state index contributed by atoms with van der Waals surface area (Å²) in [5.41, 5.74) is 8.54. The zero-order valence-corrected chi connectivity index (χ0v) is 39.3. The predicted molar refractivity (Wildman–Crippen MR) is 268 cm³/mol. The maximum atomic E-state index is 13.4. The molecule has 15 heteroatoms. The Balaban J connectivity index is 0.849. The number of hydrogen-bond acceptors (Lipinski definition) is 7. The quantitative estimate of drug-likeness (QED) is 0.0780. The van der Waals surface area contributed by atoms with Crippen molar-refractivity contribution in [2.24, 2.45) is 0 Å². The van der Waals surface area contributed by atoms with Gasteiger partial charge in [0, 0.05) is 66.9 Å². The highest BCUT2D eigenvalue weighted by Crippen LogP contribution is 2.41. The SMILES string of the molecule is O=C1/C(=C/C=C/c2ccc3c(c2)c2ccccc2n3CCO)CC/C1=C\C=C\c1ccc2c(c1)c1ccccc1n2CCOC(=O)c1ccc(-c2nc(C(Cl)(Cl)Cl)nc(C(Cl)(Cl)Cl)n2)cc1. The Morgan fingerprint density at radius 2 is 1.11 bits per heavy atom. The van der Waals surface area contributed by atoms with Crippen LogP contribution in [0.4, 0.5) is 0 Å². The molecule has 0 aliphatic heterocycles. The van der Waals surface area contributed by atoms with E-state index in [1.807, 2.05) is 72.9 Å². The molecule has 0 radical (unpaired) electrons. The topological polar surface area (TPSA) is 112 Å². The molecule has 0 spiro atoms. The smallest absolute Gasteiger partial charge is 0.338 e. The lowest BCUT2D eigenvalue weighted by atomic mass is 10.1. The van der Waals surface area contributed by atoms with E-state index in [1.54, 1.807) is 24.3 Å². The highest BCUT2D eigenvalue weighted by molar-refractivity contribution is 6.67. The standard InChI is InChI=1S/C51H37Cl6N5O4/c52-50(53,54)48-58-46(59-49(60-48)51(55,56)57)35-19-21-36(22-20-35)47(65)66-28-26-62-42-14-4-2-12-38(42)40-30-32(16-24-44(40)62)8-6-10-34-18-17-33(45(34)64)9-5-7-31-15-23-43-39(29-31)37-11-1-3-13-41(37)61(43)25-27-63/h1-16,19-24,29-30,63H,17-18,25-28H2/b7-5+,8-6+,33-9+,34-10+. The Bertz CT molecular complexity index is 3290. The lowest BCUT2D eigenvalue weighted by Gasteiger charge is -2.15. The summed E-state index contributed by atoms with van der Waals surface area (Å²) in [7, 11) is 0. The number of carbonyl (C=O) groups excluding carboxylic acids is 2. The molecule has 1 saturated carbocycles. The van der Waals surface area contributed by atoms with E-state index in [4.69, 9.17) is 74.3 Å². The number of halogens is 6. The van der Waals surface area contributed by atoms with Crippen LogP contribution >= 0.6 is 69.6 Å². The minimum Gasteiger partial charge on any atom is -0.460 e. The second-order valence-corrected chi connectivity index (χ2v) is 20.1. The van der Waals surface area contributed by atoms with Crippen molar-refractivity contribution in [1.82, 2.24) is 24.1 Å². The number of esters is 1. The second-order valence-electron chi connectivity index (χ2n) is 15.6. The zero-order valence-electron chi connectivity index (χ0n) is 34.8. The second kappa shape index (κ2) is 19.0. The number of aromatic nitrogens is 5.